The number of hydrogen-bond donors (Lipinski definition) is 1. The smallest absolute Gasteiger partial charge is 0.269 e. The summed E-state index contributed by atoms with van der Waals surface area (Å²) in [7, 11) is 0. The van der Waals surface area contributed by atoms with Crippen LogP contribution in [0, 0.1) is 10.1 Å². The fraction of sp³-hybridized carbons (Fsp3) is 0.333. The minimum atomic E-state index is -0.418. The van der Waals surface area contributed by atoms with Crippen molar-refractivity contribution in [1.29, 1.82) is 0 Å². The van der Waals surface area contributed by atoms with Crippen LogP contribution in [0.1, 0.15) is 23.7 Å². The predicted octanol–water partition coefficient (Wildman–Crippen LogP) is 4.56. The highest BCUT2D eigenvalue weighted by atomic mass is 32.1. The standard InChI is InChI=1S/C24H27N3O3S/c28-23(22-18-31-24-6-2-1-5-21(22)24)11-13-26-16-14-25(15-17-26)12-3-4-19-7-9-20(10-8-19)27(29)30/h1-10,18,23,28H,11-17H2. The summed E-state index contributed by atoms with van der Waals surface area (Å²) in [6, 6.07) is 14.9. The Bertz CT molecular complexity index is 1040. The van der Waals surface area contributed by atoms with E-state index in [2.05, 4.69) is 33.4 Å². The highest BCUT2D eigenvalue weighted by Gasteiger charge is 2.18. The molecule has 7 heteroatoms. The summed E-state index contributed by atoms with van der Waals surface area (Å²) in [5.74, 6) is 0. The number of fused-ring (bicyclic) bond motifs is 1. The van der Waals surface area contributed by atoms with Crippen molar-refractivity contribution >= 4 is 33.2 Å². The number of piperazine rings is 1. The lowest BCUT2D eigenvalue weighted by atomic mass is 10.1. The summed E-state index contributed by atoms with van der Waals surface area (Å²) in [4.78, 5) is 15.2. The second-order valence-electron chi connectivity index (χ2n) is 7.88. The molecule has 1 unspecified atom stereocenters. The molecule has 1 fully saturated rings. The van der Waals surface area contributed by atoms with Gasteiger partial charge in [0.05, 0.1) is 11.0 Å². The quantitative estimate of drug-likeness (QED) is 0.413. The molecule has 0 amide bonds. The van der Waals surface area contributed by atoms with Crippen LogP contribution in [0.5, 0.6) is 0 Å². The van der Waals surface area contributed by atoms with Crippen LogP contribution in [0.3, 0.4) is 0 Å². The van der Waals surface area contributed by atoms with Gasteiger partial charge >= 0.3 is 0 Å². The van der Waals surface area contributed by atoms with E-state index in [0.717, 1.165) is 56.8 Å². The Hall–Kier alpha value is -2.58. The first-order chi connectivity index (χ1) is 15.1. The largest absolute Gasteiger partial charge is 0.388 e. The first kappa shape index (κ1) is 21.6. The SMILES string of the molecule is O=[N+]([O-])c1ccc(C=CCN2CCN(CCC(O)c3csc4ccccc34)CC2)cc1. The van der Waals surface area contributed by atoms with E-state index in [1.165, 1.54) is 22.2 Å². The van der Waals surface area contributed by atoms with Gasteiger partial charge in [0, 0.05) is 56.1 Å². The van der Waals surface area contributed by atoms with E-state index >= 15 is 0 Å². The summed E-state index contributed by atoms with van der Waals surface area (Å²) in [5, 5.41) is 24.7. The van der Waals surface area contributed by atoms with E-state index in [1.54, 1.807) is 23.5 Å². The summed E-state index contributed by atoms with van der Waals surface area (Å²) >= 11 is 1.70. The van der Waals surface area contributed by atoms with Crippen LogP contribution in [0.2, 0.25) is 0 Å². The maximum atomic E-state index is 10.7. The molecule has 31 heavy (non-hydrogen) atoms. The molecule has 1 aliphatic rings. The van der Waals surface area contributed by atoms with Crippen LogP contribution in [-0.2, 0) is 0 Å². The molecule has 0 spiro atoms. The fourth-order valence-corrected chi connectivity index (χ4v) is 4.97. The van der Waals surface area contributed by atoms with Gasteiger partial charge in [0.25, 0.3) is 5.69 Å². The molecule has 162 valence electrons. The topological polar surface area (TPSA) is 69.9 Å². The van der Waals surface area contributed by atoms with E-state index < -0.39 is 6.10 Å². The van der Waals surface area contributed by atoms with Crippen molar-refractivity contribution in [2.24, 2.45) is 0 Å². The molecule has 4 rings (SSSR count). The van der Waals surface area contributed by atoms with Crippen molar-refractivity contribution in [2.75, 3.05) is 39.3 Å². The van der Waals surface area contributed by atoms with Gasteiger partial charge in [0.2, 0.25) is 0 Å². The van der Waals surface area contributed by atoms with Gasteiger partial charge in [0.15, 0.2) is 0 Å². The molecule has 0 saturated carbocycles. The van der Waals surface area contributed by atoms with Gasteiger partial charge in [0.1, 0.15) is 0 Å². The van der Waals surface area contributed by atoms with Crippen molar-refractivity contribution < 1.29 is 10.0 Å². The molecule has 0 radical (unpaired) electrons. The lowest BCUT2D eigenvalue weighted by molar-refractivity contribution is -0.384. The highest BCUT2D eigenvalue weighted by molar-refractivity contribution is 7.17. The van der Waals surface area contributed by atoms with E-state index in [1.807, 2.05) is 18.2 Å². The van der Waals surface area contributed by atoms with E-state index in [-0.39, 0.29) is 10.6 Å². The predicted molar refractivity (Wildman–Crippen MR) is 126 cm³/mol. The minimum absolute atomic E-state index is 0.116. The van der Waals surface area contributed by atoms with Crippen molar-refractivity contribution in [3.63, 3.8) is 0 Å². The van der Waals surface area contributed by atoms with Gasteiger partial charge in [-0.3, -0.25) is 15.0 Å². The number of rotatable bonds is 8. The zero-order valence-electron chi connectivity index (χ0n) is 17.4. The number of nitro benzene ring substituents is 1. The van der Waals surface area contributed by atoms with Crippen LogP contribution < -0.4 is 0 Å². The van der Waals surface area contributed by atoms with Crippen LogP contribution in [0.4, 0.5) is 5.69 Å². The number of hydrogen-bond acceptors (Lipinski definition) is 6. The van der Waals surface area contributed by atoms with E-state index in [9.17, 15) is 15.2 Å². The van der Waals surface area contributed by atoms with Crippen molar-refractivity contribution in [1.82, 2.24) is 9.80 Å². The first-order valence-corrected chi connectivity index (χ1v) is 11.5. The normalized spacial score (nSPS) is 16.8. The Morgan fingerprint density at radius 2 is 1.77 bits per heavy atom. The monoisotopic (exact) mass is 437 g/mol. The van der Waals surface area contributed by atoms with Gasteiger partial charge in [-0.2, -0.15) is 0 Å². The number of non-ortho nitro benzene ring substituents is 1. The Labute approximate surface area is 186 Å². The third-order valence-electron chi connectivity index (χ3n) is 5.83. The van der Waals surface area contributed by atoms with Crippen LogP contribution >= 0.6 is 11.3 Å². The molecular weight excluding hydrogens is 410 g/mol. The van der Waals surface area contributed by atoms with E-state index in [0.29, 0.717) is 0 Å². The maximum Gasteiger partial charge on any atom is 0.269 e. The summed E-state index contributed by atoms with van der Waals surface area (Å²) < 4.78 is 1.23. The van der Waals surface area contributed by atoms with Gasteiger partial charge in [-0.25, -0.2) is 0 Å². The minimum Gasteiger partial charge on any atom is -0.388 e. The van der Waals surface area contributed by atoms with Crippen LogP contribution in [0.15, 0.2) is 60.0 Å². The van der Waals surface area contributed by atoms with Gasteiger partial charge in [-0.05, 0) is 46.5 Å². The van der Waals surface area contributed by atoms with Gasteiger partial charge in [-0.1, -0.05) is 30.4 Å². The zero-order valence-corrected chi connectivity index (χ0v) is 18.2. The van der Waals surface area contributed by atoms with Gasteiger partial charge in [-0.15, -0.1) is 11.3 Å². The average molecular weight is 438 g/mol. The Kier molecular flexibility index (Phi) is 7.09. The summed E-state index contributed by atoms with van der Waals surface area (Å²) in [6.07, 6.45) is 4.46. The number of aliphatic hydroxyl groups is 1. The second-order valence-corrected chi connectivity index (χ2v) is 8.80. The molecule has 2 aromatic carbocycles. The Balaban J connectivity index is 1.19. The Morgan fingerprint density at radius 3 is 2.52 bits per heavy atom. The summed E-state index contributed by atoms with van der Waals surface area (Å²) in [6.45, 7) is 5.78. The first-order valence-electron chi connectivity index (χ1n) is 10.6. The van der Waals surface area contributed by atoms with E-state index in [4.69, 9.17) is 0 Å². The molecular formula is C24H27N3O3S. The summed E-state index contributed by atoms with van der Waals surface area (Å²) in [5.41, 5.74) is 2.14. The van der Waals surface area contributed by atoms with Crippen molar-refractivity contribution in [3.8, 4) is 0 Å². The van der Waals surface area contributed by atoms with Crippen molar-refractivity contribution in [2.45, 2.75) is 12.5 Å². The molecule has 1 aromatic heterocycles. The number of aliphatic hydroxyl groups excluding tert-OH is 1. The third-order valence-corrected chi connectivity index (χ3v) is 6.81. The molecule has 3 aromatic rings. The lowest BCUT2D eigenvalue weighted by Crippen LogP contribution is -2.46. The van der Waals surface area contributed by atoms with Crippen molar-refractivity contribution in [3.05, 3.63) is 81.2 Å². The zero-order chi connectivity index (χ0) is 21.6. The second kappa shape index (κ2) is 10.2. The van der Waals surface area contributed by atoms with Crippen LogP contribution in [0.25, 0.3) is 16.2 Å². The third kappa shape index (κ3) is 5.57. The van der Waals surface area contributed by atoms with Gasteiger partial charge < -0.3 is 10.0 Å². The lowest BCUT2D eigenvalue weighted by Gasteiger charge is -2.34. The maximum absolute atomic E-state index is 10.7. The molecule has 0 bridgehead atoms. The number of nitrogens with zero attached hydrogens (tertiary/aromatic N) is 3. The average Bonchev–Trinajstić information content (AvgIpc) is 3.23. The molecule has 1 aliphatic heterocycles. The Morgan fingerprint density at radius 1 is 1.06 bits per heavy atom. The number of benzene rings is 2. The molecule has 1 atom stereocenters. The molecule has 2 heterocycles. The molecule has 1 N–H and O–H groups in total. The fourth-order valence-electron chi connectivity index (χ4n) is 3.96. The highest BCUT2D eigenvalue weighted by Crippen LogP contribution is 2.31. The number of thiophene rings is 1. The molecule has 6 nitrogen and oxygen atoms in total. The molecule has 1 saturated heterocycles. The number of nitro groups is 1. The molecule has 0 aliphatic carbocycles. The van der Waals surface area contributed by atoms with Crippen LogP contribution in [-0.4, -0.2) is 59.1 Å².